The normalized spacial score (nSPS) is 12.7. The fourth-order valence-electron chi connectivity index (χ4n) is 2.64. The summed E-state index contributed by atoms with van der Waals surface area (Å²) >= 11 is 6.21. The van der Waals surface area contributed by atoms with E-state index in [0.29, 0.717) is 0 Å². The number of rotatable bonds is 4. The molecule has 1 aromatic heterocycles. The zero-order valence-corrected chi connectivity index (χ0v) is 13.6. The highest BCUT2D eigenvalue weighted by Crippen LogP contribution is 2.32. The first kappa shape index (κ1) is 15.1. The summed E-state index contributed by atoms with van der Waals surface area (Å²) in [6.07, 6.45) is 0. The van der Waals surface area contributed by atoms with Gasteiger partial charge in [0.1, 0.15) is 11.5 Å². The van der Waals surface area contributed by atoms with Gasteiger partial charge in [-0.25, -0.2) is 0 Å². The average Bonchev–Trinajstić information content (AvgIpc) is 2.70. The highest BCUT2D eigenvalue weighted by molar-refractivity contribution is 6.31. The van der Waals surface area contributed by atoms with Crippen molar-refractivity contribution in [2.45, 2.75) is 40.7 Å². The Morgan fingerprint density at radius 2 is 1.75 bits per heavy atom. The van der Waals surface area contributed by atoms with E-state index >= 15 is 0 Å². The van der Waals surface area contributed by atoms with Crippen LogP contribution in [0.5, 0.6) is 0 Å². The van der Waals surface area contributed by atoms with Crippen LogP contribution in [0.25, 0.3) is 0 Å². The number of aryl methyl sites for hydroxylation is 4. The molecule has 0 aliphatic carbocycles. The van der Waals surface area contributed by atoms with E-state index in [2.05, 4.69) is 31.3 Å². The first-order chi connectivity index (χ1) is 9.43. The summed E-state index contributed by atoms with van der Waals surface area (Å²) in [6.45, 7) is 11.2. The van der Waals surface area contributed by atoms with Gasteiger partial charge >= 0.3 is 0 Å². The molecule has 0 radical (unpaired) electrons. The van der Waals surface area contributed by atoms with Crippen molar-refractivity contribution in [2.75, 3.05) is 6.54 Å². The molecule has 1 aromatic carbocycles. The van der Waals surface area contributed by atoms with Crippen LogP contribution in [0.1, 0.15) is 46.7 Å². The average molecular weight is 292 g/mol. The van der Waals surface area contributed by atoms with Crippen molar-refractivity contribution in [2.24, 2.45) is 0 Å². The molecule has 0 spiro atoms. The Morgan fingerprint density at radius 1 is 1.05 bits per heavy atom. The zero-order valence-electron chi connectivity index (χ0n) is 12.8. The lowest BCUT2D eigenvalue weighted by Crippen LogP contribution is -2.23. The van der Waals surface area contributed by atoms with Crippen LogP contribution in [0.2, 0.25) is 5.02 Å². The monoisotopic (exact) mass is 291 g/mol. The van der Waals surface area contributed by atoms with Crippen molar-refractivity contribution in [3.8, 4) is 0 Å². The standard InChI is InChI=1S/C17H22ClNO/c1-6-19-17(15-9-12(4)20-13(15)5)14-7-11(3)16(18)8-10(14)2/h7-9,17,19H,6H2,1-5H3. The van der Waals surface area contributed by atoms with Crippen LogP contribution in [0.15, 0.2) is 22.6 Å². The molecule has 1 atom stereocenters. The van der Waals surface area contributed by atoms with E-state index in [-0.39, 0.29) is 6.04 Å². The molecule has 2 aromatic rings. The summed E-state index contributed by atoms with van der Waals surface area (Å²) in [5, 5.41) is 4.37. The van der Waals surface area contributed by atoms with Gasteiger partial charge in [0.25, 0.3) is 0 Å². The van der Waals surface area contributed by atoms with Gasteiger partial charge in [-0.1, -0.05) is 24.6 Å². The van der Waals surface area contributed by atoms with Crippen molar-refractivity contribution in [1.82, 2.24) is 5.32 Å². The van der Waals surface area contributed by atoms with Crippen LogP contribution in [0.3, 0.4) is 0 Å². The maximum absolute atomic E-state index is 6.21. The smallest absolute Gasteiger partial charge is 0.106 e. The summed E-state index contributed by atoms with van der Waals surface area (Å²) in [7, 11) is 0. The molecule has 0 aliphatic rings. The summed E-state index contributed by atoms with van der Waals surface area (Å²) < 4.78 is 5.69. The highest BCUT2D eigenvalue weighted by atomic mass is 35.5. The van der Waals surface area contributed by atoms with Crippen LogP contribution in [-0.4, -0.2) is 6.54 Å². The fourth-order valence-corrected chi connectivity index (χ4v) is 2.86. The van der Waals surface area contributed by atoms with Gasteiger partial charge < -0.3 is 9.73 Å². The Bertz CT molecular complexity index is 616. The predicted octanol–water partition coefficient (Wildman–Crippen LogP) is 4.87. The fraction of sp³-hybridized carbons (Fsp3) is 0.412. The van der Waals surface area contributed by atoms with E-state index < -0.39 is 0 Å². The Labute approximate surface area is 126 Å². The van der Waals surface area contributed by atoms with E-state index in [9.17, 15) is 0 Å². The third-order valence-corrected chi connectivity index (χ3v) is 4.06. The molecule has 0 aliphatic heterocycles. The third-order valence-electron chi connectivity index (χ3n) is 3.66. The predicted molar refractivity (Wildman–Crippen MR) is 84.6 cm³/mol. The van der Waals surface area contributed by atoms with Crippen LogP contribution < -0.4 is 5.32 Å². The zero-order chi connectivity index (χ0) is 14.9. The molecule has 0 saturated heterocycles. The lowest BCUT2D eigenvalue weighted by Gasteiger charge is -2.21. The number of hydrogen-bond acceptors (Lipinski definition) is 2. The Kier molecular flexibility index (Phi) is 4.56. The molecule has 0 saturated carbocycles. The van der Waals surface area contributed by atoms with E-state index in [1.165, 1.54) is 16.7 Å². The molecule has 20 heavy (non-hydrogen) atoms. The maximum atomic E-state index is 6.21. The molecule has 2 rings (SSSR count). The van der Waals surface area contributed by atoms with Gasteiger partial charge in [-0.15, -0.1) is 0 Å². The van der Waals surface area contributed by atoms with Crippen LogP contribution >= 0.6 is 11.6 Å². The highest BCUT2D eigenvalue weighted by Gasteiger charge is 2.20. The molecule has 0 bridgehead atoms. The molecule has 0 fully saturated rings. The van der Waals surface area contributed by atoms with Gasteiger partial charge in [0.05, 0.1) is 6.04 Å². The number of furan rings is 1. The van der Waals surface area contributed by atoms with Crippen molar-refractivity contribution in [3.05, 3.63) is 57.0 Å². The number of halogens is 1. The van der Waals surface area contributed by atoms with Gasteiger partial charge in [-0.3, -0.25) is 0 Å². The van der Waals surface area contributed by atoms with Gasteiger partial charge in [0.2, 0.25) is 0 Å². The molecule has 3 heteroatoms. The topological polar surface area (TPSA) is 25.2 Å². The van der Waals surface area contributed by atoms with Crippen molar-refractivity contribution < 1.29 is 4.42 Å². The second-order valence-electron chi connectivity index (χ2n) is 5.32. The first-order valence-electron chi connectivity index (χ1n) is 7.01. The van der Waals surface area contributed by atoms with Crippen molar-refractivity contribution >= 4 is 11.6 Å². The minimum absolute atomic E-state index is 0.147. The van der Waals surface area contributed by atoms with Crippen molar-refractivity contribution in [3.63, 3.8) is 0 Å². The molecule has 108 valence electrons. The quantitative estimate of drug-likeness (QED) is 0.870. The second kappa shape index (κ2) is 6.02. The Balaban J connectivity index is 2.54. The van der Waals surface area contributed by atoms with Gasteiger partial charge in [-0.2, -0.15) is 0 Å². The van der Waals surface area contributed by atoms with E-state index in [4.69, 9.17) is 16.0 Å². The molecule has 1 heterocycles. The van der Waals surface area contributed by atoms with Crippen molar-refractivity contribution in [1.29, 1.82) is 0 Å². The summed E-state index contributed by atoms with van der Waals surface area (Å²) in [5.41, 5.74) is 4.77. The minimum Gasteiger partial charge on any atom is -0.466 e. The molecular formula is C17H22ClNO. The van der Waals surface area contributed by atoms with Crippen LogP contribution in [-0.2, 0) is 0 Å². The molecule has 0 amide bonds. The number of benzene rings is 1. The molecule has 1 unspecified atom stereocenters. The SMILES string of the molecule is CCNC(c1cc(C)c(Cl)cc1C)c1cc(C)oc1C. The van der Waals surface area contributed by atoms with Gasteiger partial charge in [-0.05, 0) is 63.1 Å². The number of hydrogen-bond donors (Lipinski definition) is 1. The first-order valence-corrected chi connectivity index (χ1v) is 7.38. The Morgan fingerprint density at radius 3 is 2.30 bits per heavy atom. The minimum atomic E-state index is 0.147. The molecule has 2 nitrogen and oxygen atoms in total. The summed E-state index contributed by atoms with van der Waals surface area (Å²) in [5.74, 6) is 1.92. The summed E-state index contributed by atoms with van der Waals surface area (Å²) in [6, 6.07) is 6.48. The lowest BCUT2D eigenvalue weighted by atomic mass is 9.93. The maximum Gasteiger partial charge on any atom is 0.106 e. The Hall–Kier alpha value is -1.25. The third kappa shape index (κ3) is 2.92. The molecule has 1 N–H and O–H groups in total. The van der Waals surface area contributed by atoms with Gasteiger partial charge in [0.15, 0.2) is 0 Å². The summed E-state index contributed by atoms with van der Waals surface area (Å²) in [4.78, 5) is 0. The van der Waals surface area contributed by atoms with Crippen LogP contribution in [0.4, 0.5) is 0 Å². The van der Waals surface area contributed by atoms with Crippen LogP contribution in [0, 0.1) is 27.7 Å². The largest absolute Gasteiger partial charge is 0.466 e. The van der Waals surface area contributed by atoms with Gasteiger partial charge in [0, 0.05) is 10.6 Å². The van der Waals surface area contributed by atoms with E-state index in [1.807, 2.05) is 26.8 Å². The number of nitrogens with one attached hydrogen (secondary N) is 1. The van der Waals surface area contributed by atoms with E-state index in [1.54, 1.807) is 0 Å². The second-order valence-corrected chi connectivity index (χ2v) is 5.72. The van der Waals surface area contributed by atoms with E-state index in [0.717, 1.165) is 28.7 Å². The molecular weight excluding hydrogens is 270 g/mol. The lowest BCUT2D eigenvalue weighted by molar-refractivity contribution is 0.495.